The highest BCUT2D eigenvalue weighted by molar-refractivity contribution is 7.14. The Morgan fingerprint density at radius 3 is 2.93 bits per heavy atom. The normalized spacial score (nSPS) is 11.0. The second-order valence-corrected chi connectivity index (χ2v) is 7.56. The number of H-pyrrole nitrogens is 1. The van der Waals surface area contributed by atoms with Crippen LogP contribution in [-0.2, 0) is 11.2 Å². The third-order valence-electron chi connectivity index (χ3n) is 4.53. The number of carbonyl (C=O) groups is 1. The van der Waals surface area contributed by atoms with Gasteiger partial charge in [-0.05, 0) is 32.9 Å². The van der Waals surface area contributed by atoms with E-state index in [1.165, 1.54) is 22.2 Å². The Bertz CT molecular complexity index is 1290. The van der Waals surface area contributed by atoms with Crippen LogP contribution in [0.5, 0.6) is 5.75 Å². The topological polar surface area (TPSA) is 114 Å². The molecule has 0 aliphatic heterocycles. The van der Waals surface area contributed by atoms with E-state index in [1.807, 2.05) is 37.4 Å². The smallest absolute Gasteiger partial charge is 0.277 e. The molecule has 0 atom stereocenters. The molecule has 10 heteroatoms. The second kappa shape index (κ2) is 8.07. The van der Waals surface area contributed by atoms with Crippen molar-refractivity contribution in [1.82, 2.24) is 24.6 Å². The van der Waals surface area contributed by atoms with E-state index < -0.39 is 0 Å². The maximum Gasteiger partial charge on any atom is 0.277 e. The number of aromatic nitrogens is 5. The Kier molecular flexibility index (Phi) is 5.32. The number of nitrogens with zero attached hydrogens (tertiary/aromatic N) is 4. The fourth-order valence-corrected chi connectivity index (χ4v) is 3.83. The number of ether oxygens (including phenoxy) is 1. The third-order valence-corrected chi connectivity index (χ3v) is 5.29. The molecular weight excluding hydrogens is 404 g/mol. The van der Waals surface area contributed by atoms with Crippen LogP contribution in [0.15, 0.2) is 34.7 Å². The number of fused-ring (bicyclic) bond motifs is 1. The molecule has 0 spiro atoms. The zero-order chi connectivity index (χ0) is 21.3. The molecule has 0 saturated heterocycles. The predicted molar refractivity (Wildman–Crippen MR) is 114 cm³/mol. The average Bonchev–Trinajstić information content (AvgIpc) is 3.36. The van der Waals surface area contributed by atoms with Gasteiger partial charge in [0.25, 0.3) is 11.3 Å². The number of benzene rings is 1. The highest BCUT2D eigenvalue weighted by Gasteiger charge is 2.17. The van der Waals surface area contributed by atoms with Gasteiger partial charge >= 0.3 is 0 Å². The van der Waals surface area contributed by atoms with Crippen LogP contribution in [0.4, 0.5) is 5.13 Å². The van der Waals surface area contributed by atoms with E-state index in [1.54, 1.807) is 6.92 Å². The van der Waals surface area contributed by atoms with E-state index in [0.29, 0.717) is 23.0 Å². The first-order chi connectivity index (χ1) is 14.5. The van der Waals surface area contributed by atoms with Gasteiger partial charge in [-0.25, -0.2) is 15.0 Å². The molecule has 30 heavy (non-hydrogen) atoms. The molecule has 0 aliphatic carbocycles. The molecule has 0 saturated carbocycles. The van der Waals surface area contributed by atoms with E-state index in [0.717, 1.165) is 22.6 Å². The van der Waals surface area contributed by atoms with E-state index in [2.05, 4.69) is 25.4 Å². The average molecular weight is 424 g/mol. The van der Waals surface area contributed by atoms with Crippen molar-refractivity contribution in [1.29, 1.82) is 0 Å². The first kappa shape index (κ1) is 19.8. The summed E-state index contributed by atoms with van der Waals surface area (Å²) in [5, 5.41) is 7.78. The number of anilines is 1. The summed E-state index contributed by atoms with van der Waals surface area (Å²) < 4.78 is 6.91. The largest absolute Gasteiger partial charge is 0.493 e. The number of nitrogens with one attached hydrogen (secondary N) is 2. The number of aromatic amines is 1. The fourth-order valence-electron chi connectivity index (χ4n) is 3.10. The summed E-state index contributed by atoms with van der Waals surface area (Å²) in [5.41, 5.74) is 3.12. The number of hydrogen-bond donors (Lipinski definition) is 2. The Hall–Kier alpha value is -3.53. The van der Waals surface area contributed by atoms with E-state index in [9.17, 15) is 9.59 Å². The summed E-state index contributed by atoms with van der Waals surface area (Å²) in [7, 11) is 0. The van der Waals surface area contributed by atoms with Crippen molar-refractivity contribution < 1.29 is 9.53 Å². The summed E-state index contributed by atoms with van der Waals surface area (Å²) in [6.45, 7) is 6.16. The number of amides is 1. The van der Waals surface area contributed by atoms with E-state index in [-0.39, 0.29) is 23.7 Å². The second-order valence-electron chi connectivity index (χ2n) is 6.70. The zero-order valence-corrected chi connectivity index (χ0v) is 17.5. The number of rotatable bonds is 6. The van der Waals surface area contributed by atoms with Gasteiger partial charge in [-0.2, -0.15) is 4.52 Å². The highest BCUT2D eigenvalue weighted by Crippen LogP contribution is 2.33. The van der Waals surface area contributed by atoms with Crippen LogP contribution in [0.2, 0.25) is 0 Å². The summed E-state index contributed by atoms with van der Waals surface area (Å²) >= 11 is 1.31. The predicted octanol–water partition coefficient (Wildman–Crippen LogP) is 2.74. The molecule has 0 bridgehead atoms. The van der Waals surface area contributed by atoms with Crippen molar-refractivity contribution in [3.63, 3.8) is 0 Å². The Morgan fingerprint density at radius 2 is 2.13 bits per heavy atom. The lowest BCUT2D eigenvalue weighted by Gasteiger charge is -2.09. The molecule has 0 fully saturated rings. The van der Waals surface area contributed by atoms with Crippen molar-refractivity contribution in [2.45, 2.75) is 27.2 Å². The van der Waals surface area contributed by atoms with Crippen LogP contribution in [0, 0.1) is 13.8 Å². The molecule has 1 aromatic carbocycles. The minimum Gasteiger partial charge on any atom is -0.493 e. The summed E-state index contributed by atoms with van der Waals surface area (Å²) in [6, 6.07) is 5.90. The lowest BCUT2D eigenvalue weighted by atomic mass is 10.1. The molecule has 154 valence electrons. The lowest BCUT2D eigenvalue weighted by Crippen LogP contribution is -2.26. The van der Waals surface area contributed by atoms with Crippen LogP contribution in [-0.4, -0.2) is 37.1 Å². The van der Waals surface area contributed by atoms with Gasteiger partial charge in [-0.1, -0.05) is 11.6 Å². The van der Waals surface area contributed by atoms with Gasteiger partial charge in [0.15, 0.2) is 5.13 Å². The van der Waals surface area contributed by atoms with Crippen LogP contribution in [0.3, 0.4) is 0 Å². The molecule has 4 aromatic rings. The maximum absolute atomic E-state index is 12.6. The van der Waals surface area contributed by atoms with Crippen molar-refractivity contribution in [2.75, 3.05) is 11.9 Å². The minimum absolute atomic E-state index is 0.108. The van der Waals surface area contributed by atoms with Gasteiger partial charge in [-0.3, -0.25) is 14.7 Å². The number of thiazole rings is 1. The molecule has 4 rings (SSSR count). The molecule has 0 aliphatic rings. The van der Waals surface area contributed by atoms with Gasteiger partial charge in [0.05, 0.1) is 30.0 Å². The minimum atomic E-state index is -0.342. The van der Waals surface area contributed by atoms with Crippen molar-refractivity contribution >= 4 is 28.2 Å². The van der Waals surface area contributed by atoms with Crippen LogP contribution >= 0.6 is 11.3 Å². The summed E-state index contributed by atoms with van der Waals surface area (Å²) in [6.07, 6.45) is 1.27. The molecule has 3 heterocycles. The Labute approximate surface area is 175 Å². The van der Waals surface area contributed by atoms with Gasteiger partial charge in [0.2, 0.25) is 5.91 Å². The van der Waals surface area contributed by atoms with Crippen molar-refractivity contribution in [2.24, 2.45) is 0 Å². The lowest BCUT2D eigenvalue weighted by molar-refractivity contribution is -0.115. The fraction of sp³-hybridized carbons (Fsp3) is 0.250. The first-order valence-electron chi connectivity index (χ1n) is 9.37. The third kappa shape index (κ3) is 3.81. The van der Waals surface area contributed by atoms with Gasteiger partial charge in [0, 0.05) is 10.9 Å². The van der Waals surface area contributed by atoms with E-state index in [4.69, 9.17) is 4.74 Å². The van der Waals surface area contributed by atoms with Crippen LogP contribution < -0.4 is 15.6 Å². The number of aryl methyl sites for hydroxylation is 2. The molecule has 0 unspecified atom stereocenters. The first-order valence-corrected chi connectivity index (χ1v) is 10.2. The molecular formula is C20H20N6O3S. The quantitative estimate of drug-likeness (QED) is 0.492. The highest BCUT2D eigenvalue weighted by atomic mass is 32.1. The van der Waals surface area contributed by atoms with Crippen molar-refractivity contribution in [3.05, 3.63) is 57.1 Å². The maximum atomic E-state index is 12.6. The standard InChI is InChI=1S/C20H20N6O3S/c1-4-29-16-6-5-11(2)7-14(16)15-9-30-20(24-15)25-17(27)8-13-12(3)23-19-21-10-22-26(19)18(13)28/h5-7,9-10H,4,8H2,1-3H3,(H,21,22,23)(H,24,25,27). The number of carbonyl (C=O) groups excluding carboxylic acids is 1. The molecule has 0 radical (unpaired) electrons. The van der Waals surface area contributed by atoms with Crippen molar-refractivity contribution in [3.8, 4) is 17.0 Å². The molecule has 9 nitrogen and oxygen atoms in total. The van der Waals surface area contributed by atoms with Gasteiger partial charge in [0.1, 0.15) is 12.1 Å². The molecule has 2 N–H and O–H groups in total. The zero-order valence-electron chi connectivity index (χ0n) is 16.7. The molecule has 3 aromatic heterocycles. The molecule has 1 amide bonds. The Morgan fingerprint density at radius 1 is 1.30 bits per heavy atom. The van der Waals surface area contributed by atoms with E-state index >= 15 is 0 Å². The van der Waals surface area contributed by atoms with Crippen LogP contribution in [0.25, 0.3) is 17.0 Å². The Balaban J connectivity index is 1.54. The van der Waals surface area contributed by atoms with Gasteiger partial charge < -0.3 is 10.1 Å². The SMILES string of the molecule is CCOc1ccc(C)cc1-c1csc(NC(=O)Cc2c(C)nc3nc[nH]n3c2=O)n1. The monoisotopic (exact) mass is 424 g/mol. The summed E-state index contributed by atoms with van der Waals surface area (Å²) in [5.74, 6) is 0.676. The number of hydrogen-bond acceptors (Lipinski definition) is 7. The van der Waals surface area contributed by atoms with Gasteiger partial charge in [-0.15, -0.1) is 11.3 Å². The summed E-state index contributed by atoms with van der Waals surface area (Å²) in [4.78, 5) is 37.9. The van der Waals surface area contributed by atoms with Crippen LogP contribution in [0.1, 0.15) is 23.7 Å².